The Hall–Kier alpha value is -3.32. The average Bonchev–Trinajstić information content (AvgIpc) is 2.78. The van der Waals surface area contributed by atoms with Crippen LogP contribution < -0.4 is 14.4 Å². The molecular weight excluding hydrogens is 412 g/mol. The fraction of sp³-hybridized carbons (Fsp3) is 0.208. The Labute approximate surface area is 183 Å². The molecule has 1 atom stereocenters. The van der Waals surface area contributed by atoms with Crippen molar-refractivity contribution in [2.75, 3.05) is 18.0 Å². The number of carbonyl (C=O) groups excluding carboxylic acids is 1. The van der Waals surface area contributed by atoms with E-state index in [1.54, 1.807) is 42.5 Å². The normalized spacial score (nSPS) is 12.1. The third kappa shape index (κ3) is 5.24. The maximum atomic E-state index is 13.3. The van der Waals surface area contributed by atoms with E-state index in [0.29, 0.717) is 11.4 Å². The van der Waals surface area contributed by atoms with E-state index in [9.17, 15) is 13.2 Å². The van der Waals surface area contributed by atoms with Crippen molar-refractivity contribution in [1.82, 2.24) is 5.32 Å². The molecular formula is C24H26N2O4S. The number of aryl methyl sites for hydroxylation is 1. The minimum Gasteiger partial charge on any atom is -0.497 e. The Bertz CT molecular complexity index is 1130. The second kappa shape index (κ2) is 9.66. The minimum absolute atomic E-state index is 0.116. The topological polar surface area (TPSA) is 75.7 Å². The molecule has 31 heavy (non-hydrogen) atoms. The van der Waals surface area contributed by atoms with Crippen LogP contribution in [0.1, 0.15) is 24.1 Å². The highest BCUT2D eigenvalue weighted by Crippen LogP contribution is 2.26. The zero-order chi connectivity index (χ0) is 22.4. The van der Waals surface area contributed by atoms with Gasteiger partial charge in [-0.2, -0.15) is 0 Å². The lowest BCUT2D eigenvalue weighted by Gasteiger charge is -2.25. The molecule has 6 nitrogen and oxygen atoms in total. The number of benzene rings is 3. The van der Waals surface area contributed by atoms with Gasteiger partial charge in [0.15, 0.2) is 0 Å². The quantitative estimate of drug-likeness (QED) is 0.575. The van der Waals surface area contributed by atoms with E-state index >= 15 is 0 Å². The molecule has 0 radical (unpaired) electrons. The van der Waals surface area contributed by atoms with Gasteiger partial charge >= 0.3 is 0 Å². The van der Waals surface area contributed by atoms with Gasteiger partial charge in [0.25, 0.3) is 10.0 Å². The summed E-state index contributed by atoms with van der Waals surface area (Å²) in [4.78, 5) is 13.0. The number of sulfonamides is 1. The predicted octanol–water partition coefficient (Wildman–Crippen LogP) is 4.08. The predicted molar refractivity (Wildman–Crippen MR) is 122 cm³/mol. The summed E-state index contributed by atoms with van der Waals surface area (Å²) in [6.07, 6.45) is 0. The maximum Gasteiger partial charge on any atom is 0.264 e. The molecule has 162 valence electrons. The fourth-order valence-corrected chi connectivity index (χ4v) is 4.79. The second-order valence-electron chi connectivity index (χ2n) is 7.17. The van der Waals surface area contributed by atoms with Crippen LogP contribution in [-0.2, 0) is 14.8 Å². The van der Waals surface area contributed by atoms with Gasteiger partial charge in [0.1, 0.15) is 12.3 Å². The Kier molecular flexibility index (Phi) is 6.97. The van der Waals surface area contributed by atoms with Crippen molar-refractivity contribution >= 4 is 21.6 Å². The van der Waals surface area contributed by atoms with Gasteiger partial charge in [-0.1, -0.05) is 42.5 Å². The smallest absolute Gasteiger partial charge is 0.264 e. The van der Waals surface area contributed by atoms with Crippen LogP contribution >= 0.6 is 0 Å². The van der Waals surface area contributed by atoms with Gasteiger partial charge in [0, 0.05) is 0 Å². The Balaban J connectivity index is 1.89. The summed E-state index contributed by atoms with van der Waals surface area (Å²) >= 11 is 0. The lowest BCUT2D eigenvalue weighted by atomic mass is 10.0. The molecule has 1 amide bonds. The molecule has 0 saturated heterocycles. The first-order chi connectivity index (χ1) is 14.8. The molecule has 3 aromatic carbocycles. The number of hydrogen-bond donors (Lipinski definition) is 1. The third-order valence-corrected chi connectivity index (χ3v) is 6.80. The molecule has 0 aliphatic heterocycles. The molecule has 0 heterocycles. The molecule has 0 bridgehead atoms. The van der Waals surface area contributed by atoms with Crippen LogP contribution in [0, 0.1) is 6.92 Å². The largest absolute Gasteiger partial charge is 0.497 e. The van der Waals surface area contributed by atoms with E-state index in [1.807, 2.05) is 38.1 Å². The van der Waals surface area contributed by atoms with Gasteiger partial charge in [0.05, 0.1) is 23.7 Å². The SMILES string of the molecule is COc1ccc(N(CC(=O)NC(C)c2ccccc2C)S(=O)(=O)c2ccccc2)cc1. The summed E-state index contributed by atoms with van der Waals surface area (Å²) in [5.74, 6) is 0.199. The van der Waals surface area contributed by atoms with Crippen molar-refractivity contribution in [3.63, 3.8) is 0 Å². The van der Waals surface area contributed by atoms with E-state index in [2.05, 4.69) is 5.32 Å². The van der Waals surface area contributed by atoms with E-state index in [-0.39, 0.29) is 17.5 Å². The number of ether oxygens (including phenoxy) is 1. The van der Waals surface area contributed by atoms with Crippen molar-refractivity contribution in [3.8, 4) is 5.75 Å². The summed E-state index contributed by atoms with van der Waals surface area (Å²) in [5, 5.41) is 2.91. The van der Waals surface area contributed by atoms with Crippen LogP contribution in [-0.4, -0.2) is 28.0 Å². The molecule has 0 aromatic heterocycles. The highest BCUT2D eigenvalue weighted by Gasteiger charge is 2.27. The number of anilines is 1. The van der Waals surface area contributed by atoms with Gasteiger partial charge in [-0.05, 0) is 61.4 Å². The van der Waals surface area contributed by atoms with Crippen LogP contribution in [0.2, 0.25) is 0 Å². The average molecular weight is 439 g/mol. The highest BCUT2D eigenvalue weighted by atomic mass is 32.2. The zero-order valence-electron chi connectivity index (χ0n) is 17.8. The van der Waals surface area contributed by atoms with Crippen molar-refractivity contribution in [1.29, 1.82) is 0 Å². The van der Waals surface area contributed by atoms with E-state index in [0.717, 1.165) is 15.4 Å². The van der Waals surface area contributed by atoms with Crippen LogP contribution in [0.25, 0.3) is 0 Å². The standard InChI is InChI=1S/C24H26N2O4S/c1-18-9-7-8-12-23(18)19(2)25-24(27)17-26(20-13-15-21(30-3)16-14-20)31(28,29)22-10-5-4-6-11-22/h4-16,19H,17H2,1-3H3,(H,25,27). The summed E-state index contributed by atoms with van der Waals surface area (Å²) in [6.45, 7) is 3.50. The van der Waals surface area contributed by atoms with Crippen molar-refractivity contribution < 1.29 is 17.9 Å². The first-order valence-electron chi connectivity index (χ1n) is 9.89. The molecule has 1 unspecified atom stereocenters. The third-order valence-electron chi connectivity index (χ3n) is 5.01. The Morgan fingerprint density at radius 3 is 2.19 bits per heavy atom. The monoisotopic (exact) mass is 438 g/mol. The Morgan fingerprint density at radius 1 is 0.968 bits per heavy atom. The summed E-state index contributed by atoms with van der Waals surface area (Å²) in [6, 6.07) is 22.2. The van der Waals surface area contributed by atoms with Crippen LogP contribution in [0.4, 0.5) is 5.69 Å². The van der Waals surface area contributed by atoms with Crippen LogP contribution in [0.3, 0.4) is 0 Å². The minimum atomic E-state index is -3.95. The van der Waals surface area contributed by atoms with E-state index in [1.165, 1.54) is 19.2 Å². The fourth-order valence-electron chi connectivity index (χ4n) is 3.35. The zero-order valence-corrected chi connectivity index (χ0v) is 18.6. The molecule has 7 heteroatoms. The number of hydrogen-bond acceptors (Lipinski definition) is 4. The van der Waals surface area contributed by atoms with E-state index in [4.69, 9.17) is 4.74 Å². The molecule has 0 aliphatic carbocycles. The first-order valence-corrected chi connectivity index (χ1v) is 11.3. The maximum absolute atomic E-state index is 13.3. The number of rotatable bonds is 8. The van der Waals surface area contributed by atoms with Crippen LogP contribution in [0.5, 0.6) is 5.75 Å². The number of nitrogens with one attached hydrogen (secondary N) is 1. The van der Waals surface area contributed by atoms with Gasteiger partial charge in [-0.3, -0.25) is 9.10 Å². The summed E-state index contributed by atoms with van der Waals surface area (Å²) in [5.41, 5.74) is 2.42. The molecule has 0 spiro atoms. The number of amides is 1. The van der Waals surface area contributed by atoms with Crippen molar-refractivity contribution in [2.24, 2.45) is 0 Å². The molecule has 1 N–H and O–H groups in total. The second-order valence-corrected chi connectivity index (χ2v) is 9.03. The summed E-state index contributed by atoms with van der Waals surface area (Å²) < 4.78 is 33.0. The number of nitrogens with zero attached hydrogens (tertiary/aromatic N) is 1. The van der Waals surface area contributed by atoms with Gasteiger partial charge < -0.3 is 10.1 Å². The number of methoxy groups -OCH3 is 1. The first kappa shape index (κ1) is 22.4. The Morgan fingerprint density at radius 2 is 1.58 bits per heavy atom. The highest BCUT2D eigenvalue weighted by molar-refractivity contribution is 7.92. The summed E-state index contributed by atoms with van der Waals surface area (Å²) in [7, 11) is -2.41. The van der Waals surface area contributed by atoms with Gasteiger partial charge in [0.2, 0.25) is 5.91 Å². The van der Waals surface area contributed by atoms with Gasteiger partial charge in [-0.25, -0.2) is 8.42 Å². The molecule has 0 aliphatic rings. The molecule has 0 saturated carbocycles. The number of carbonyl (C=O) groups is 1. The molecule has 3 rings (SSSR count). The lowest BCUT2D eigenvalue weighted by Crippen LogP contribution is -2.41. The van der Waals surface area contributed by atoms with Crippen molar-refractivity contribution in [3.05, 3.63) is 90.0 Å². The molecule has 0 fully saturated rings. The molecule has 3 aromatic rings. The van der Waals surface area contributed by atoms with Crippen molar-refractivity contribution in [2.45, 2.75) is 24.8 Å². The van der Waals surface area contributed by atoms with E-state index < -0.39 is 15.9 Å². The van der Waals surface area contributed by atoms with Gasteiger partial charge in [-0.15, -0.1) is 0 Å². The lowest BCUT2D eigenvalue weighted by molar-refractivity contribution is -0.120. The van der Waals surface area contributed by atoms with Crippen LogP contribution in [0.15, 0.2) is 83.8 Å².